The van der Waals surface area contributed by atoms with Crippen molar-refractivity contribution in [1.29, 1.82) is 0 Å². The molecule has 14 heavy (non-hydrogen) atoms. The predicted octanol–water partition coefficient (Wildman–Crippen LogP) is 0.622. The second-order valence-electron chi connectivity index (χ2n) is 2.96. The minimum absolute atomic E-state index is 0.0708. The maximum absolute atomic E-state index is 8.78. The molecular formula is C9H14ClN3O. The summed E-state index contributed by atoms with van der Waals surface area (Å²) in [5.41, 5.74) is 6.38. The van der Waals surface area contributed by atoms with Crippen LogP contribution in [0.2, 0.25) is 5.02 Å². The van der Waals surface area contributed by atoms with E-state index in [1.54, 1.807) is 17.2 Å². The number of halogens is 1. The Bertz CT molecular complexity index is 306. The summed E-state index contributed by atoms with van der Waals surface area (Å²) >= 11 is 6.07. The van der Waals surface area contributed by atoms with Crippen LogP contribution in [-0.4, -0.2) is 30.3 Å². The summed E-state index contributed by atoms with van der Waals surface area (Å²) in [6, 6.07) is 1.79. The van der Waals surface area contributed by atoms with Gasteiger partial charge in [-0.2, -0.15) is 0 Å². The Labute approximate surface area is 88.3 Å². The van der Waals surface area contributed by atoms with Gasteiger partial charge in [0, 0.05) is 26.3 Å². The predicted molar refractivity (Wildman–Crippen MR) is 57.5 cm³/mol. The highest BCUT2D eigenvalue weighted by molar-refractivity contribution is 6.33. The molecule has 1 aromatic heterocycles. The number of aliphatic hydroxyl groups is 1. The molecule has 1 heterocycles. The van der Waals surface area contributed by atoms with Gasteiger partial charge in [0.15, 0.2) is 0 Å². The van der Waals surface area contributed by atoms with E-state index in [1.807, 2.05) is 7.05 Å². The number of anilines is 1. The van der Waals surface area contributed by atoms with Crippen LogP contribution in [0.5, 0.6) is 0 Å². The van der Waals surface area contributed by atoms with Gasteiger partial charge >= 0.3 is 0 Å². The summed E-state index contributed by atoms with van der Waals surface area (Å²) in [6.45, 7) is 0.962. The minimum atomic E-state index is 0.0708. The fourth-order valence-corrected chi connectivity index (χ4v) is 1.48. The van der Waals surface area contributed by atoms with Crippen molar-refractivity contribution < 1.29 is 5.11 Å². The lowest BCUT2D eigenvalue weighted by Crippen LogP contribution is -2.23. The molecule has 3 N–H and O–H groups in total. The van der Waals surface area contributed by atoms with Crippen molar-refractivity contribution in [3.8, 4) is 0 Å². The summed E-state index contributed by atoms with van der Waals surface area (Å²) in [5.74, 6) is 0.656. The number of hydrogen-bond donors (Lipinski definition) is 2. The summed E-state index contributed by atoms with van der Waals surface area (Å²) in [6.07, 6.45) is 1.66. The van der Waals surface area contributed by atoms with Gasteiger partial charge in [-0.05, 0) is 11.6 Å². The van der Waals surface area contributed by atoms with Crippen molar-refractivity contribution in [1.82, 2.24) is 4.98 Å². The molecule has 5 heteroatoms. The van der Waals surface area contributed by atoms with Crippen molar-refractivity contribution >= 4 is 17.4 Å². The zero-order valence-electron chi connectivity index (χ0n) is 8.07. The zero-order chi connectivity index (χ0) is 10.6. The number of rotatable bonds is 4. The summed E-state index contributed by atoms with van der Waals surface area (Å²) in [7, 11) is 1.82. The average molecular weight is 216 g/mol. The number of likely N-dealkylation sites (N-methyl/N-ethyl adjacent to an activating group) is 1. The standard InChI is InChI=1S/C9H14ClN3O/c1-13(4-5-14)9-8(10)7(6-11)2-3-12-9/h2-3,14H,4-6,11H2,1H3. The Hall–Kier alpha value is -0.840. The molecule has 78 valence electrons. The van der Waals surface area contributed by atoms with E-state index in [0.717, 1.165) is 5.56 Å². The number of aromatic nitrogens is 1. The van der Waals surface area contributed by atoms with E-state index in [0.29, 0.717) is 23.9 Å². The molecule has 0 amide bonds. The lowest BCUT2D eigenvalue weighted by Gasteiger charge is -2.18. The molecule has 0 fully saturated rings. The third kappa shape index (κ3) is 2.35. The van der Waals surface area contributed by atoms with Crippen LogP contribution < -0.4 is 10.6 Å². The van der Waals surface area contributed by atoms with Crippen molar-refractivity contribution in [2.24, 2.45) is 5.73 Å². The topological polar surface area (TPSA) is 62.4 Å². The van der Waals surface area contributed by atoms with Gasteiger partial charge in [0.05, 0.1) is 11.6 Å². The highest BCUT2D eigenvalue weighted by Gasteiger charge is 2.09. The molecular weight excluding hydrogens is 202 g/mol. The van der Waals surface area contributed by atoms with E-state index in [1.165, 1.54) is 0 Å². The fraction of sp³-hybridized carbons (Fsp3) is 0.444. The van der Waals surface area contributed by atoms with Crippen LogP contribution >= 0.6 is 11.6 Å². The number of nitrogens with two attached hydrogens (primary N) is 1. The van der Waals surface area contributed by atoms with Crippen LogP contribution in [0.3, 0.4) is 0 Å². The largest absolute Gasteiger partial charge is 0.395 e. The number of hydrogen-bond acceptors (Lipinski definition) is 4. The molecule has 0 aromatic carbocycles. The number of aliphatic hydroxyl groups excluding tert-OH is 1. The van der Waals surface area contributed by atoms with Gasteiger partial charge in [0.1, 0.15) is 5.82 Å². The molecule has 0 bridgehead atoms. The van der Waals surface area contributed by atoms with Crippen molar-refractivity contribution in [3.05, 3.63) is 22.8 Å². The van der Waals surface area contributed by atoms with Crippen molar-refractivity contribution in [2.45, 2.75) is 6.54 Å². The van der Waals surface area contributed by atoms with E-state index in [4.69, 9.17) is 22.4 Å². The molecule has 0 saturated heterocycles. The van der Waals surface area contributed by atoms with Crippen LogP contribution in [0.15, 0.2) is 12.3 Å². The van der Waals surface area contributed by atoms with Crippen LogP contribution in [0.4, 0.5) is 5.82 Å². The molecule has 0 saturated carbocycles. The minimum Gasteiger partial charge on any atom is -0.395 e. The van der Waals surface area contributed by atoms with Gasteiger partial charge in [-0.15, -0.1) is 0 Å². The normalized spacial score (nSPS) is 10.3. The van der Waals surface area contributed by atoms with E-state index >= 15 is 0 Å². The second kappa shape index (κ2) is 5.14. The van der Waals surface area contributed by atoms with E-state index < -0.39 is 0 Å². The Morgan fingerprint density at radius 3 is 2.93 bits per heavy atom. The first kappa shape index (κ1) is 11.2. The van der Waals surface area contributed by atoms with Crippen molar-refractivity contribution in [2.75, 3.05) is 25.1 Å². The van der Waals surface area contributed by atoms with E-state index in [-0.39, 0.29) is 6.61 Å². The third-order valence-electron chi connectivity index (χ3n) is 1.97. The van der Waals surface area contributed by atoms with Gasteiger partial charge in [0.2, 0.25) is 0 Å². The zero-order valence-corrected chi connectivity index (χ0v) is 8.83. The summed E-state index contributed by atoms with van der Waals surface area (Å²) in [4.78, 5) is 5.93. The van der Waals surface area contributed by atoms with Gasteiger partial charge in [-0.1, -0.05) is 11.6 Å². The molecule has 0 aliphatic rings. The highest BCUT2D eigenvalue weighted by Crippen LogP contribution is 2.25. The number of pyridine rings is 1. The first-order chi connectivity index (χ1) is 6.70. The number of nitrogens with zero attached hydrogens (tertiary/aromatic N) is 2. The Kier molecular flexibility index (Phi) is 4.13. The Balaban J connectivity index is 2.96. The lowest BCUT2D eigenvalue weighted by molar-refractivity contribution is 0.304. The third-order valence-corrected chi connectivity index (χ3v) is 2.38. The quantitative estimate of drug-likeness (QED) is 0.773. The first-order valence-corrected chi connectivity index (χ1v) is 4.74. The average Bonchev–Trinajstić information content (AvgIpc) is 2.18. The highest BCUT2D eigenvalue weighted by atomic mass is 35.5. The van der Waals surface area contributed by atoms with Crippen molar-refractivity contribution in [3.63, 3.8) is 0 Å². The molecule has 4 nitrogen and oxygen atoms in total. The van der Waals surface area contributed by atoms with Crippen LogP contribution in [0, 0.1) is 0 Å². The molecule has 0 spiro atoms. The Morgan fingerprint density at radius 1 is 1.64 bits per heavy atom. The van der Waals surface area contributed by atoms with Gasteiger partial charge in [-0.3, -0.25) is 0 Å². The van der Waals surface area contributed by atoms with E-state index in [2.05, 4.69) is 4.98 Å². The first-order valence-electron chi connectivity index (χ1n) is 4.36. The molecule has 0 radical (unpaired) electrons. The van der Waals surface area contributed by atoms with Gasteiger partial charge in [0.25, 0.3) is 0 Å². The van der Waals surface area contributed by atoms with Crippen LogP contribution in [0.25, 0.3) is 0 Å². The Morgan fingerprint density at radius 2 is 2.36 bits per heavy atom. The van der Waals surface area contributed by atoms with Gasteiger partial charge in [-0.25, -0.2) is 4.98 Å². The smallest absolute Gasteiger partial charge is 0.147 e. The molecule has 1 aromatic rings. The lowest BCUT2D eigenvalue weighted by atomic mass is 10.2. The maximum atomic E-state index is 8.78. The van der Waals surface area contributed by atoms with Crippen LogP contribution in [0.1, 0.15) is 5.56 Å². The monoisotopic (exact) mass is 215 g/mol. The molecule has 0 aliphatic heterocycles. The molecule has 0 aliphatic carbocycles. The molecule has 0 atom stereocenters. The second-order valence-corrected chi connectivity index (χ2v) is 3.33. The summed E-state index contributed by atoms with van der Waals surface area (Å²) in [5, 5.41) is 9.34. The molecule has 1 rings (SSSR count). The molecule has 0 unspecified atom stereocenters. The fourth-order valence-electron chi connectivity index (χ4n) is 1.15. The SMILES string of the molecule is CN(CCO)c1nccc(CN)c1Cl. The van der Waals surface area contributed by atoms with E-state index in [9.17, 15) is 0 Å². The summed E-state index contributed by atoms with van der Waals surface area (Å²) < 4.78 is 0. The maximum Gasteiger partial charge on any atom is 0.147 e. The van der Waals surface area contributed by atoms with Crippen LogP contribution in [-0.2, 0) is 6.54 Å². The van der Waals surface area contributed by atoms with Gasteiger partial charge < -0.3 is 15.7 Å².